The summed E-state index contributed by atoms with van der Waals surface area (Å²) in [6, 6.07) is 22.9. The van der Waals surface area contributed by atoms with E-state index in [0.717, 1.165) is 42.2 Å². The molecule has 3 aromatic carbocycles. The van der Waals surface area contributed by atoms with Crippen LogP contribution in [0.2, 0.25) is 5.02 Å². The van der Waals surface area contributed by atoms with Crippen LogP contribution in [0.25, 0.3) is 11.1 Å². The molecule has 0 N–H and O–H groups in total. The van der Waals surface area contributed by atoms with Gasteiger partial charge in [-0.3, -0.25) is 9.11 Å². The van der Waals surface area contributed by atoms with Crippen molar-refractivity contribution in [3.8, 4) is 11.1 Å². The maximum atomic E-state index is 10.9. The summed E-state index contributed by atoms with van der Waals surface area (Å²) in [5, 5.41) is 0.774. The Bertz CT molecular complexity index is 1080. The lowest BCUT2D eigenvalue weighted by atomic mass is 9.70. The molecule has 0 aromatic heterocycles. The van der Waals surface area contributed by atoms with Crippen LogP contribution in [-0.4, -0.2) is 26.8 Å². The Morgan fingerprint density at radius 3 is 2.45 bits per heavy atom. The minimum Gasteiger partial charge on any atom is -0.772 e. The van der Waals surface area contributed by atoms with Gasteiger partial charge in [0.2, 0.25) is 0 Å². The summed E-state index contributed by atoms with van der Waals surface area (Å²) in [5.41, 5.74) is 7.29. The van der Waals surface area contributed by atoms with Crippen LogP contribution in [0.1, 0.15) is 28.7 Å². The maximum absolute atomic E-state index is 10.9. The van der Waals surface area contributed by atoms with Crippen molar-refractivity contribution < 1.29 is 8.76 Å². The molecule has 148 valence electrons. The number of fused-ring (bicyclic) bond motifs is 4. The largest absolute Gasteiger partial charge is 0.772 e. The molecule has 0 saturated carbocycles. The van der Waals surface area contributed by atoms with Crippen LogP contribution >= 0.6 is 11.6 Å². The van der Waals surface area contributed by atoms with E-state index in [1.165, 1.54) is 22.3 Å². The van der Waals surface area contributed by atoms with Gasteiger partial charge in [0.15, 0.2) is 0 Å². The molecule has 1 fully saturated rings. The fraction of sp³-hybridized carbons (Fsp3) is 0.250. The zero-order valence-corrected chi connectivity index (χ0v) is 17.5. The normalized spacial score (nSPS) is 23.6. The lowest BCUT2D eigenvalue weighted by molar-refractivity contribution is 0.295. The first kappa shape index (κ1) is 19.0. The number of nitrogens with zero attached hydrogens (tertiary/aromatic N) is 1. The molecule has 2 bridgehead atoms. The van der Waals surface area contributed by atoms with E-state index in [9.17, 15) is 8.76 Å². The van der Waals surface area contributed by atoms with Gasteiger partial charge >= 0.3 is 0 Å². The van der Waals surface area contributed by atoms with Crippen LogP contribution in [0.5, 0.6) is 0 Å². The Kier molecular flexibility index (Phi) is 4.83. The van der Waals surface area contributed by atoms with Gasteiger partial charge in [0.1, 0.15) is 0 Å². The minimum absolute atomic E-state index is 0.0404. The van der Waals surface area contributed by atoms with E-state index in [0.29, 0.717) is 0 Å². The van der Waals surface area contributed by atoms with Crippen LogP contribution in [-0.2, 0) is 28.8 Å². The number of rotatable bonds is 4. The van der Waals surface area contributed by atoms with Crippen LogP contribution in [0.15, 0.2) is 66.7 Å². The smallest absolute Gasteiger partial charge is 0.0406 e. The second-order valence-electron chi connectivity index (χ2n) is 8.07. The molecule has 3 nitrogen and oxygen atoms in total. The van der Waals surface area contributed by atoms with E-state index < -0.39 is 11.1 Å². The zero-order valence-electron chi connectivity index (χ0n) is 15.9. The number of hydrogen-bond donors (Lipinski definition) is 0. The van der Waals surface area contributed by atoms with Gasteiger partial charge < -0.3 is 4.55 Å². The van der Waals surface area contributed by atoms with Crippen LogP contribution in [0.3, 0.4) is 0 Å². The lowest BCUT2D eigenvalue weighted by Gasteiger charge is -2.37. The van der Waals surface area contributed by atoms with Crippen molar-refractivity contribution in [1.82, 2.24) is 4.90 Å². The first-order valence-corrected chi connectivity index (χ1v) is 11.4. The summed E-state index contributed by atoms with van der Waals surface area (Å²) in [6.45, 7) is 3.14. The molecule has 0 amide bonds. The summed E-state index contributed by atoms with van der Waals surface area (Å²) < 4.78 is 21.8. The van der Waals surface area contributed by atoms with Crippen molar-refractivity contribution in [1.29, 1.82) is 0 Å². The molecule has 5 heteroatoms. The molecular formula is C24H21ClNO2S-. The van der Waals surface area contributed by atoms with Crippen molar-refractivity contribution in [2.45, 2.75) is 24.1 Å². The van der Waals surface area contributed by atoms with Crippen LogP contribution < -0.4 is 0 Å². The molecule has 5 rings (SSSR count). The second kappa shape index (κ2) is 7.37. The molecule has 0 aliphatic carbocycles. The van der Waals surface area contributed by atoms with Gasteiger partial charge in [-0.1, -0.05) is 71.2 Å². The third-order valence-electron chi connectivity index (χ3n) is 6.33. The van der Waals surface area contributed by atoms with E-state index in [-0.39, 0.29) is 11.2 Å². The van der Waals surface area contributed by atoms with Crippen LogP contribution in [0.4, 0.5) is 0 Å². The number of benzene rings is 3. The fourth-order valence-electron chi connectivity index (χ4n) is 4.95. The Hall–Kier alpha value is -1.98. The Balaban J connectivity index is 1.52. The van der Waals surface area contributed by atoms with E-state index in [4.69, 9.17) is 11.6 Å². The first-order chi connectivity index (χ1) is 14.0. The summed E-state index contributed by atoms with van der Waals surface area (Å²) in [4.78, 5) is 2.54. The third-order valence-corrected chi connectivity index (χ3v) is 7.15. The molecule has 3 aromatic rings. The van der Waals surface area contributed by atoms with Gasteiger partial charge in [0, 0.05) is 29.3 Å². The third kappa shape index (κ3) is 3.44. The topological polar surface area (TPSA) is 43.4 Å². The molecule has 2 heterocycles. The fourth-order valence-corrected chi connectivity index (χ4v) is 5.54. The van der Waals surface area contributed by atoms with Crippen molar-refractivity contribution >= 4 is 22.7 Å². The Morgan fingerprint density at radius 2 is 1.72 bits per heavy atom. The molecule has 3 unspecified atom stereocenters. The van der Waals surface area contributed by atoms with Gasteiger partial charge in [0.25, 0.3) is 0 Å². The summed E-state index contributed by atoms with van der Waals surface area (Å²) in [7, 11) is 0. The number of hydrogen-bond acceptors (Lipinski definition) is 3. The Morgan fingerprint density at radius 1 is 1.00 bits per heavy atom. The highest BCUT2D eigenvalue weighted by molar-refractivity contribution is 7.78. The molecule has 2 aliphatic heterocycles. The average Bonchev–Trinajstić information content (AvgIpc) is 3.07. The van der Waals surface area contributed by atoms with E-state index in [1.54, 1.807) is 0 Å². The molecular weight excluding hydrogens is 402 g/mol. The molecule has 1 saturated heterocycles. The zero-order chi connectivity index (χ0) is 20.0. The van der Waals surface area contributed by atoms with Gasteiger partial charge in [-0.2, -0.15) is 0 Å². The summed E-state index contributed by atoms with van der Waals surface area (Å²) in [6.07, 6.45) is 1.13. The highest BCUT2D eigenvalue weighted by Crippen LogP contribution is 2.47. The van der Waals surface area contributed by atoms with E-state index in [1.807, 2.05) is 36.4 Å². The van der Waals surface area contributed by atoms with Crippen molar-refractivity contribution in [2.24, 2.45) is 0 Å². The molecule has 0 spiro atoms. The minimum atomic E-state index is -2.06. The number of halogens is 1. The van der Waals surface area contributed by atoms with Crippen molar-refractivity contribution in [3.05, 3.63) is 94.0 Å². The van der Waals surface area contributed by atoms with Gasteiger partial charge in [-0.15, -0.1) is 0 Å². The molecule has 0 radical (unpaired) electrons. The SMILES string of the molecule is O=S([O-])Cc1ccc(-c2ccc3c(c2)CN2CCC3(c3ccc(Cl)cc3)C2)cc1. The predicted octanol–water partition coefficient (Wildman–Crippen LogP) is 4.89. The predicted molar refractivity (Wildman–Crippen MR) is 117 cm³/mol. The maximum Gasteiger partial charge on any atom is 0.0406 e. The van der Waals surface area contributed by atoms with Crippen molar-refractivity contribution in [3.63, 3.8) is 0 Å². The van der Waals surface area contributed by atoms with Crippen LogP contribution in [0, 0.1) is 0 Å². The Labute approximate surface area is 178 Å². The summed E-state index contributed by atoms with van der Waals surface area (Å²) in [5.74, 6) is 0.0586. The first-order valence-electron chi connectivity index (χ1n) is 9.80. The van der Waals surface area contributed by atoms with Crippen molar-refractivity contribution in [2.75, 3.05) is 13.1 Å². The van der Waals surface area contributed by atoms with E-state index in [2.05, 4.69) is 35.2 Å². The van der Waals surface area contributed by atoms with Gasteiger partial charge in [0.05, 0.1) is 0 Å². The quantitative estimate of drug-likeness (QED) is 0.562. The molecule has 3 atom stereocenters. The van der Waals surface area contributed by atoms with Gasteiger partial charge in [-0.25, -0.2) is 0 Å². The highest BCUT2D eigenvalue weighted by atomic mass is 35.5. The second-order valence-corrected chi connectivity index (χ2v) is 9.40. The molecule has 29 heavy (non-hydrogen) atoms. The van der Waals surface area contributed by atoms with Gasteiger partial charge in [-0.05, 0) is 64.5 Å². The lowest BCUT2D eigenvalue weighted by Crippen LogP contribution is -2.37. The standard InChI is InChI=1S/C24H22ClNO2S/c25-22-8-6-21(7-9-22)24-11-12-26(16-24)14-20-13-19(5-10-23(20)24)18-3-1-17(2-4-18)15-29(27)28/h1-10,13H,11-12,14-16H2,(H,27,28)/p-1. The molecule has 2 aliphatic rings. The highest BCUT2D eigenvalue weighted by Gasteiger charge is 2.45. The average molecular weight is 423 g/mol. The monoisotopic (exact) mass is 422 g/mol. The summed E-state index contributed by atoms with van der Waals surface area (Å²) >= 11 is 4.07. The van der Waals surface area contributed by atoms with E-state index >= 15 is 0 Å².